The van der Waals surface area contributed by atoms with Crippen LogP contribution in [0.15, 0.2) is 48.8 Å². The van der Waals surface area contributed by atoms with E-state index in [1.165, 1.54) is 12.1 Å². The van der Waals surface area contributed by atoms with Crippen molar-refractivity contribution in [1.29, 1.82) is 0 Å². The Kier molecular flexibility index (Phi) is 2.88. The van der Waals surface area contributed by atoms with Crippen LogP contribution in [0, 0.1) is 5.82 Å². The van der Waals surface area contributed by atoms with Gasteiger partial charge in [0.2, 0.25) is 0 Å². The molecule has 0 aliphatic carbocycles. The van der Waals surface area contributed by atoms with Gasteiger partial charge < -0.3 is 0 Å². The zero-order valence-corrected chi connectivity index (χ0v) is 8.10. The van der Waals surface area contributed by atoms with E-state index >= 15 is 0 Å². The van der Waals surface area contributed by atoms with Gasteiger partial charge in [-0.1, -0.05) is 24.3 Å². The van der Waals surface area contributed by atoms with Gasteiger partial charge in [-0.15, -0.1) is 0 Å². The highest BCUT2D eigenvalue weighted by molar-refractivity contribution is 5.69. The number of hydrogen-bond acceptors (Lipinski definition) is 1. The van der Waals surface area contributed by atoms with Crippen LogP contribution in [-0.2, 0) is 0 Å². The minimum atomic E-state index is -0.216. The van der Waals surface area contributed by atoms with Crippen molar-refractivity contribution >= 4 is 12.2 Å². The summed E-state index contributed by atoms with van der Waals surface area (Å²) in [6.07, 6.45) is 7.26. The number of aromatic nitrogens is 1. The average Bonchev–Trinajstić information content (AvgIpc) is 2.28. The van der Waals surface area contributed by atoms with Crippen LogP contribution in [0.4, 0.5) is 4.39 Å². The Labute approximate surface area is 87.9 Å². The summed E-state index contributed by atoms with van der Waals surface area (Å²) in [6.45, 7) is 0. The van der Waals surface area contributed by atoms with E-state index in [2.05, 4.69) is 4.98 Å². The third kappa shape index (κ3) is 2.74. The molecule has 0 unspecified atom stereocenters. The molecule has 0 aliphatic heterocycles. The Balaban J connectivity index is 2.19. The molecular formula is C13H10FN. The van der Waals surface area contributed by atoms with E-state index in [9.17, 15) is 4.39 Å². The number of rotatable bonds is 2. The van der Waals surface area contributed by atoms with Crippen LogP contribution >= 0.6 is 0 Å². The lowest BCUT2D eigenvalue weighted by atomic mass is 10.1. The molecule has 1 nitrogen and oxygen atoms in total. The molecule has 0 aliphatic rings. The molecule has 0 amide bonds. The largest absolute Gasteiger partial charge is 0.265 e. The molecule has 0 spiro atoms. The smallest absolute Gasteiger partial charge is 0.123 e. The van der Waals surface area contributed by atoms with Crippen molar-refractivity contribution in [3.8, 4) is 0 Å². The zero-order valence-electron chi connectivity index (χ0n) is 8.10. The van der Waals surface area contributed by atoms with Crippen LogP contribution in [0.25, 0.3) is 12.2 Å². The Bertz CT molecular complexity index is 463. The van der Waals surface area contributed by atoms with Crippen molar-refractivity contribution in [2.45, 2.75) is 0 Å². The van der Waals surface area contributed by atoms with Crippen LogP contribution in [-0.4, -0.2) is 4.98 Å². The van der Waals surface area contributed by atoms with E-state index in [4.69, 9.17) is 0 Å². The maximum absolute atomic E-state index is 12.8. The van der Waals surface area contributed by atoms with Crippen LogP contribution in [0.3, 0.4) is 0 Å². The molecule has 0 saturated heterocycles. The molecule has 0 saturated carbocycles. The van der Waals surface area contributed by atoms with Crippen molar-refractivity contribution in [3.05, 3.63) is 65.7 Å². The predicted octanol–water partition coefficient (Wildman–Crippen LogP) is 3.39. The molecule has 2 aromatic rings. The van der Waals surface area contributed by atoms with E-state index in [-0.39, 0.29) is 5.82 Å². The van der Waals surface area contributed by atoms with Crippen molar-refractivity contribution < 1.29 is 4.39 Å². The van der Waals surface area contributed by atoms with Gasteiger partial charge in [0.25, 0.3) is 0 Å². The monoisotopic (exact) mass is 199 g/mol. The molecule has 1 aromatic heterocycles. The van der Waals surface area contributed by atoms with Gasteiger partial charge in [-0.3, -0.25) is 4.98 Å². The van der Waals surface area contributed by atoms with Crippen molar-refractivity contribution in [3.63, 3.8) is 0 Å². The molecule has 2 rings (SSSR count). The first-order valence-corrected chi connectivity index (χ1v) is 4.68. The Morgan fingerprint density at radius 3 is 2.40 bits per heavy atom. The SMILES string of the molecule is Fc1cccc(/C=C/c2ccncc2)c1. The zero-order chi connectivity index (χ0) is 10.5. The van der Waals surface area contributed by atoms with Crippen LogP contribution < -0.4 is 0 Å². The summed E-state index contributed by atoms with van der Waals surface area (Å²) >= 11 is 0. The number of benzene rings is 1. The number of halogens is 1. The molecule has 0 bridgehead atoms. The predicted molar refractivity (Wildman–Crippen MR) is 59.6 cm³/mol. The topological polar surface area (TPSA) is 12.9 Å². The summed E-state index contributed by atoms with van der Waals surface area (Å²) in [6, 6.07) is 10.3. The van der Waals surface area contributed by atoms with E-state index < -0.39 is 0 Å². The van der Waals surface area contributed by atoms with Crippen LogP contribution in [0.1, 0.15) is 11.1 Å². The first-order valence-electron chi connectivity index (χ1n) is 4.68. The molecule has 2 heteroatoms. The van der Waals surface area contributed by atoms with Gasteiger partial charge in [0.15, 0.2) is 0 Å². The standard InChI is InChI=1S/C13H10FN/c14-13-3-1-2-12(10-13)5-4-11-6-8-15-9-7-11/h1-10H/b5-4+. The van der Waals surface area contributed by atoms with Gasteiger partial charge >= 0.3 is 0 Å². The lowest BCUT2D eigenvalue weighted by molar-refractivity contribution is 0.627. The van der Waals surface area contributed by atoms with Gasteiger partial charge in [-0.25, -0.2) is 4.39 Å². The fourth-order valence-electron chi connectivity index (χ4n) is 1.28. The highest BCUT2D eigenvalue weighted by Gasteiger charge is 1.90. The molecule has 0 atom stereocenters. The third-order valence-corrected chi connectivity index (χ3v) is 2.02. The number of pyridine rings is 1. The van der Waals surface area contributed by atoms with Crippen molar-refractivity contribution in [2.24, 2.45) is 0 Å². The first-order chi connectivity index (χ1) is 7.34. The van der Waals surface area contributed by atoms with E-state index in [0.717, 1.165) is 11.1 Å². The number of hydrogen-bond donors (Lipinski definition) is 0. The van der Waals surface area contributed by atoms with Gasteiger partial charge in [0.05, 0.1) is 0 Å². The summed E-state index contributed by atoms with van der Waals surface area (Å²) in [7, 11) is 0. The highest BCUT2D eigenvalue weighted by Crippen LogP contribution is 2.08. The minimum absolute atomic E-state index is 0.216. The normalized spacial score (nSPS) is 10.7. The lowest BCUT2D eigenvalue weighted by Crippen LogP contribution is -1.76. The number of nitrogens with zero attached hydrogens (tertiary/aromatic N) is 1. The maximum atomic E-state index is 12.8. The van der Waals surface area contributed by atoms with Crippen LogP contribution in [0.5, 0.6) is 0 Å². The lowest BCUT2D eigenvalue weighted by Gasteiger charge is -1.94. The summed E-state index contributed by atoms with van der Waals surface area (Å²) < 4.78 is 12.8. The summed E-state index contributed by atoms with van der Waals surface area (Å²) in [5, 5.41) is 0. The molecule has 1 heterocycles. The average molecular weight is 199 g/mol. The molecule has 1 aromatic carbocycles. The molecule has 74 valence electrons. The van der Waals surface area contributed by atoms with E-state index in [1.54, 1.807) is 18.5 Å². The van der Waals surface area contributed by atoms with Crippen LogP contribution in [0.2, 0.25) is 0 Å². The molecule has 0 N–H and O–H groups in total. The van der Waals surface area contributed by atoms with E-state index in [1.807, 2.05) is 30.4 Å². The summed E-state index contributed by atoms with van der Waals surface area (Å²) in [4.78, 5) is 3.92. The van der Waals surface area contributed by atoms with Crippen molar-refractivity contribution in [1.82, 2.24) is 4.98 Å². The Morgan fingerprint density at radius 1 is 0.933 bits per heavy atom. The fraction of sp³-hybridized carbons (Fsp3) is 0. The fourth-order valence-corrected chi connectivity index (χ4v) is 1.28. The van der Waals surface area contributed by atoms with Gasteiger partial charge in [0.1, 0.15) is 5.82 Å². The maximum Gasteiger partial charge on any atom is 0.123 e. The summed E-state index contributed by atoms with van der Waals surface area (Å²) in [5.41, 5.74) is 1.90. The molecule has 0 fully saturated rings. The van der Waals surface area contributed by atoms with Gasteiger partial charge in [-0.05, 0) is 35.4 Å². The second-order valence-corrected chi connectivity index (χ2v) is 3.17. The first kappa shape index (κ1) is 9.59. The van der Waals surface area contributed by atoms with Crippen molar-refractivity contribution in [2.75, 3.05) is 0 Å². The second kappa shape index (κ2) is 4.51. The summed E-state index contributed by atoms with van der Waals surface area (Å²) in [5.74, 6) is -0.216. The van der Waals surface area contributed by atoms with E-state index in [0.29, 0.717) is 0 Å². The highest BCUT2D eigenvalue weighted by atomic mass is 19.1. The minimum Gasteiger partial charge on any atom is -0.265 e. The Hall–Kier alpha value is -1.96. The second-order valence-electron chi connectivity index (χ2n) is 3.17. The third-order valence-electron chi connectivity index (χ3n) is 2.02. The quantitative estimate of drug-likeness (QED) is 0.722. The molecule has 0 radical (unpaired) electrons. The Morgan fingerprint density at radius 2 is 1.67 bits per heavy atom. The molecular weight excluding hydrogens is 189 g/mol. The molecule has 15 heavy (non-hydrogen) atoms. The van der Waals surface area contributed by atoms with Gasteiger partial charge in [0, 0.05) is 12.4 Å². The van der Waals surface area contributed by atoms with Gasteiger partial charge in [-0.2, -0.15) is 0 Å².